The molecule has 0 amide bonds. The lowest BCUT2D eigenvalue weighted by atomic mass is 10.0. The SMILES string of the molecule is C1CCN(CCNCCCC2CCCCO2)CC1. The topological polar surface area (TPSA) is 24.5 Å². The van der Waals surface area contributed by atoms with E-state index in [9.17, 15) is 0 Å². The molecule has 0 radical (unpaired) electrons. The predicted molar refractivity (Wildman–Crippen MR) is 76.0 cm³/mol. The van der Waals surface area contributed by atoms with E-state index in [0.29, 0.717) is 6.10 Å². The molecule has 0 bridgehead atoms. The van der Waals surface area contributed by atoms with Crippen molar-refractivity contribution in [1.29, 1.82) is 0 Å². The second kappa shape index (κ2) is 8.89. The van der Waals surface area contributed by atoms with E-state index in [2.05, 4.69) is 10.2 Å². The molecule has 0 aromatic rings. The highest BCUT2D eigenvalue weighted by atomic mass is 16.5. The number of ether oxygens (including phenoxy) is 1. The van der Waals surface area contributed by atoms with Crippen molar-refractivity contribution in [2.75, 3.05) is 39.3 Å². The predicted octanol–water partition coefficient (Wildman–Crippen LogP) is 2.41. The van der Waals surface area contributed by atoms with E-state index < -0.39 is 0 Å². The average Bonchev–Trinajstić information content (AvgIpc) is 2.45. The fourth-order valence-electron chi connectivity index (χ4n) is 3.03. The highest BCUT2D eigenvalue weighted by Crippen LogP contribution is 2.16. The largest absolute Gasteiger partial charge is 0.378 e. The summed E-state index contributed by atoms with van der Waals surface area (Å²) < 4.78 is 5.74. The maximum atomic E-state index is 5.74. The van der Waals surface area contributed by atoms with E-state index in [-0.39, 0.29) is 0 Å². The molecule has 0 spiro atoms. The minimum Gasteiger partial charge on any atom is -0.378 e. The fourth-order valence-corrected chi connectivity index (χ4v) is 3.03. The van der Waals surface area contributed by atoms with Crippen LogP contribution in [0.2, 0.25) is 0 Å². The van der Waals surface area contributed by atoms with Crippen LogP contribution in [0.4, 0.5) is 0 Å². The molecule has 1 N–H and O–H groups in total. The number of likely N-dealkylation sites (tertiary alicyclic amines) is 1. The first-order chi connectivity index (χ1) is 8.95. The first-order valence-corrected chi connectivity index (χ1v) is 8.00. The molecule has 2 fully saturated rings. The molecule has 3 heteroatoms. The number of nitrogens with one attached hydrogen (secondary N) is 1. The van der Waals surface area contributed by atoms with Crippen LogP contribution in [0.3, 0.4) is 0 Å². The number of nitrogens with zero attached hydrogens (tertiary/aromatic N) is 1. The summed E-state index contributed by atoms with van der Waals surface area (Å²) in [5.41, 5.74) is 0. The van der Waals surface area contributed by atoms with Crippen molar-refractivity contribution in [3.8, 4) is 0 Å². The van der Waals surface area contributed by atoms with Crippen LogP contribution >= 0.6 is 0 Å². The van der Waals surface area contributed by atoms with Gasteiger partial charge in [-0.15, -0.1) is 0 Å². The Morgan fingerprint density at radius 1 is 1.00 bits per heavy atom. The average molecular weight is 254 g/mol. The van der Waals surface area contributed by atoms with E-state index in [0.717, 1.165) is 19.7 Å². The van der Waals surface area contributed by atoms with Crippen LogP contribution in [0, 0.1) is 0 Å². The quantitative estimate of drug-likeness (QED) is 0.706. The van der Waals surface area contributed by atoms with Crippen molar-refractivity contribution >= 4 is 0 Å². The highest BCUT2D eigenvalue weighted by molar-refractivity contribution is 4.67. The van der Waals surface area contributed by atoms with Gasteiger partial charge >= 0.3 is 0 Å². The van der Waals surface area contributed by atoms with E-state index in [1.807, 2.05) is 0 Å². The summed E-state index contributed by atoms with van der Waals surface area (Å²) in [4.78, 5) is 2.60. The lowest BCUT2D eigenvalue weighted by molar-refractivity contribution is 0.0102. The minimum absolute atomic E-state index is 0.558. The Morgan fingerprint density at radius 3 is 2.67 bits per heavy atom. The van der Waals surface area contributed by atoms with Gasteiger partial charge in [0.25, 0.3) is 0 Å². The number of hydrogen-bond donors (Lipinski definition) is 1. The van der Waals surface area contributed by atoms with Crippen molar-refractivity contribution in [1.82, 2.24) is 10.2 Å². The lowest BCUT2D eigenvalue weighted by Crippen LogP contribution is -2.36. The Hall–Kier alpha value is -0.120. The van der Waals surface area contributed by atoms with Crippen LogP contribution in [0.5, 0.6) is 0 Å². The maximum absolute atomic E-state index is 5.74. The highest BCUT2D eigenvalue weighted by Gasteiger charge is 2.13. The fraction of sp³-hybridized carbons (Fsp3) is 1.00. The zero-order valence-corrected chi connectivity index (χ0v) is 11.8. The standard InChI is InChI=1S/C15H30N2O/c1-3-11-17(12-4-1)13-10-16-9-6-8-15-7-2-5-14-18-15/h15-16H,1-14H2. The van der Waals surface area contributed by atoms with Crippen LogP contribution in [-0.2, 0) is 4.74 Å². The van der Waals surface area contributed by atoms with Gasteiger partial charge in [0.05, 0.1) is 6.10 Å². The van der Waals surface area contributed by atoms with Crippen molar-refractivity contribution in [2.24, 2.45) is 0 Å². The third-order valence-electron chi connectivity index (χ3n) is 4.21. The minimum atomic E-state index is 0.558. The first-order valence-electron chi connectivity index (χ1n) is 8.00. The molecule has 2 heterocycles. The smallest absolute Gasteiger partial charge is 0.0575 e. The van der Waals surface area contributed by atoms with Gasteiger partial charge in [-0.25, -0.2) is 0 Å². The van der Waals surface area contributed by atoms with E-state index in [4.69, 9.17) is 4.74 Å². The third-order valence-corrected chi connectivity index (χ3v) is 4.21. The zero-order valence-electron chi connectivity index (χ0n) is 11.8. The van der Waals surface area contributed by atoms with E-state index >= 15 is 0 Å². The van der Waals surface area contributed by atoms with Crippen LogP contribution in [0.1, 0.15) is 51.4 Å². The summed E-state index contributed by atoms with van der Waals surface area (Å²) in [6, 6.07) is 0. The number of hydrogen-bond acceptors (Lipinski definition) is 3. The molecule has 2 aliphatic rings. The molecule has 18 heavy (non-hydrogen) atoms. The second-order valence-corrected chi connectivity index (χ2v) is 5.78. The molecule has 3 nitrogen and oxygen atoms in total. The van der Waals surface area contributed by atoms with Gasteiger partial charge in [-0.05, 0) is 64.6 Å². The molecule has 0 aromatic heterocycles. The van der Waals surface area contributed by atoms with Gasteiger partial charge in [-0.2, -0.15) is 0 Å². The van der Waals surface area contributed by atoms with Gasteiger partial charge in [0.2, 0.25) is 0 Å². The number of rotatable bonds is 7. The third kappa shape index (κ3) is 5.68. The van der Waals surface area contributed by atoms with Crippen molar-refractivity contribution in [3.63, 3.8) is 0 Å². The Balaban J connectivity index is 1.39. The van der Waals surface area contributed by atoms with Crippen LogP contribution in [0.15, 0.2) is 0 Å². The molecule has 106 valence electrons. The molecular formula is C15H30N2O. The van der Waals surface area contributed by atoms with Crippen LogP contribution in [0.25, 0.3) is 0 Å². The van der Waals surface area contributed by atoms with Gasteiger partial charge < -0.3 is 15.0 Å². The summed E-state index contributed by atoms with van der Waals surface area (Å²) in [6.07, 6.45) is 11.2. The van der Waals surface area contributed by atoms with Gasteiger partial charge in [0, 0.05) is 19.7 Å². The second-order valence-electron chi connectivity index (χ2n) is 5.78. The normalized spacial score (nSPS) is 26.3. The Labute approximate surface area is 112 Å². The summed E-state index contributed by atoms with van der Waals surface area (Å²) in [6.45, 7) is 7.18. The van der Waals surface area contributed by atoms with Gasteiger partial charge in [-0.3, -0.25) is 0 Å². The molecule has 2 rings (SSSR count). The first kappa shape index (κ1) is 14.3. The van der Waals surface area contributed by atoms with Gasteiger partial charge in [0.1, 0.15) is 0 Å². The monoisotopic (exact) mass is 254 g/mol. The summed E-state index contributed by atoms with van der Waals surface area (Å²) in [7, 11) is 0. The van der Waals surface area contributed by atoms with Crippen molar-refractivity contribution < 1.29 is 4.74 Å². The Kier molecular flexibility index (Phi) is 7.06. The summed E-state index contributed by atoms with van der Waals surface area (Å²) in [5.74, 6) is 0. The maximum Gasteiger partial charge on any atom is 0.0575 e. The van der Waals surface area contributed by atoms with Crippen LogP contribution < -0.4 is 5.32 Å². The molecule has 0 aromatic carbocycles. The number of piperidine rings is 1. The van der Waals surface area contributed by atoms with E-state index in [1.54, 1.807) is 0 Å². The van der Waals surface area contributed by atoms with E-state index in [1.165, 1.54) is 71.0 Å². The summed E-state index contributed by atoms with van der Waals surface area (Å²) in [5, 5.41) is 3.58. The zero-order chi connectivity index (χ0) is 12.5. The Morgan fingerprint density at radius 2 is 1.89 bits per heavy atom. The molecule has 0 saturated carbocycles. The molecular weight excluding hydrogens is 224 g/mol. The molecule has 0 aliphatic carbocycles. The van der Waals surface area contributed by atoms with Gasteiger partial charge in [-0.1, -0.05) is 6.42 Å². The van der Waals surface area contributed by atoms with Crippen LogP contribution in [-0.4, -0.2) is 50.3 Å². The Bertz CT molecular complexity index is 177. The molecule has 2 saturated heterocycles. The lowest BCUT2D eigenvalue weighted by Gasteiger charge is -2.26. The van der Waals surface area contributed by atoms with Crippen molar-refractivity contribution in [3.05, 3.63) is 0 Å². The van der Waals surface area contributed by atoms with Crippen molar-refractivity contribution in [2.45, 2.75) is 57.5 Å². The molecule has 2 aliphatic heterocycles. The molecule has 1 atom stereocenters. The summed E-state index contributed by atoms with van der Waals surface area (Å²) >= 11 is 0. The molecule has 1 unspecified atom stereocenters. The van der Waals surface area contributed by atoms with Gasteiger partial charge in [0.15, 0.2) is 0 Å².